The topological polar surface area (TPSA) is 107 Å². The predicted molar refractivity (Wildman–Crippen MR) is 127 cm³/mol. The van der Waals surface area contributed by atoms with Crippen molar-refractivity contribution in [2.75, 3.05) is 6.54 Å². The number of amides is 2. The first kappa shape index (κ1) is 24.0. The van der Waals surface area contributed by atoms with E-state index in [0.717, 1.165) is 40.3 Å². The smallest absolute Gasteiger partial charge is 0.264 e. The maximum Gasteiger partial charge on any atom is 0.264 e. The number of aliphatic hydroxyl groups excluding tert-OH is 1. The quantitative estimate of drug-likeness (QED) is 0.657. The lowest BCUT2D eigenvalue weighted by molar-refractivity contribution is -0.138. The lowest BCUT2D eigenvalue weighted by atomic mass is 9.94. The van der Waals surface area contributed by atoms with Crippen LogP contribution in [0.5, 0.6) is 0 Å². The van der Waals surface area contributed by atoms with E-state index >= 15 is 0 Å². The number of aryl methyl sites for hydroxylation is 1. The molecule has 34 heavy (non-hydrogen) atoms. The third kappa shape index (κ3) is 4.85. The summed E-state index contributed by atoms with van der Waals surface area (Å²) in [4.78, 5) is 28.0. The standard InChI is InChI=1S/C25H29N3O5S/c1-18-5-11-21(12-6-18)34(32,33)28-15-13-26-25(31)23(28)16-24(30)27-14-3-2-4-22(27)20-9-7-19(17-29)8-10-20/h5-13,15,22-23,29H,2-4,14,16-17H2,1H3,(H,26,31). The Bertz CT molecular complexity index is 1180. The van der Waals surface area contributed by atoms with Gasteiger partial charge >= 0.3 is 0 Å². The second kappa shape index (κ2) is 9.99. The summed E-state index contributed by atoms with van der Waals surface area (Å²) in [5, 5.41) is 11.8. The maximum atomic E-state index is 13.4. The van der Waals surface area contributed by atoms with Gasteiger partial charge in [0, 0.05) is 18.9 Å². The van der Waals surface area contributed by atoms with Crippen LogP contribution in [0.2, 0.25) is 0 Å². The van der Waals surface area contributed by atoms with Crippen molar-refractivity contribution in [2.45, 2.75) is 56.2 Å². The Kier molecular flexibility index (Phi) is 7.04. The highest BCUT2D eigenvalue weighted by Gasteiger charge is 2.39. The molecule has 2 aliphatic heterocycles. The van der Waals surface area contributed by atoms with E-state index in [1.54, 1.807) is 17.0 Å². The van der Waals surface area contributed by atoms with Gasteiger partial charge in [0.1, 0.15) is 6.04 Å². The van der Waals surface area contributed by atoms with Crippen molar-refractivity contribution in [2.24, 2.45) is 0 Å². The van der Waals surface area contributed by atoms with Crippen LogP contribution in [0.4, 0.5) is 0 Å². The van der Waals surface area contributed by atoms with Crippen molar-refractivity contribution >= 4 is 21.8 Å². The number of rotatable bonds is 6. The molecule has 2 aromatic carbocycles. The minimum Gasteiger partial charge on any atom is -0.392 e. The number of sulfonamides is 1. The second-order valence-electron chi connectivity index (χ2n) is 8.69. The van der Waals surface area contributed by atoms with Crippen molar-refractivity contribution in [3.63, 3.8) is 0 Å². The number of nitrogens with one attached hydrogen (secondary N) is 1. The van der Waals surface area contributed by atoms with Crippen LogP contribution in [0, 0.1) is 6.92 Å². The van der Waals surface area contributed by atoms with Gasteiger partial charge < -0.3 is 15.3 Å². The SMILES string of the molecule is Cc1ccc(S(=O)(=O)N2C=CNC(=O)C2CC(=O)N2CCCCC2c2ccc(CO)cc2)cc1. The Morgan fingerprint density at radius 1 is 1.09 bits per heavy atom. The molecule has 2 atom stereocenters. The highest BCUT2D eigenvalue weighted by molar-refractivity contribution is 7.89. The maximum absolute atomic E-state index is 13.4. The van der Waals surface area contributed by atoms with Gasteiger partial charge in [0.2, 0.25) is 11.8 Å². The highest BCUT2D eigenvalue weighted by atomic mass is 32.2. The molecule has 1 saturated heterocycles. The number of hydrogen-bond acceptors (Lipinski definition) is 5. The molecule has 2 N–H and O–H groups in total. The molecule has 2 amide bonds. The number of carbonyl (C=O) groups excluding carboxylic acids is 2. The van der Waals surface area contributed by atoms with Gasteiger partial charge in [-0.05, 0) is 49.4 Å². The lowest BCUT2D eigenvalue weighted by Gasteiger charge is -2.38. The molecule has 0 saturated carbocycles. The molecule has 9 heteroatoms. The van der Waals surface area contributed by atoms with E-state index in [2.05, 4.69) is 5.32 Å². The molecule has 8 nitrogen and oxygen atoms in total. The Morgan fingerprint density at radius 2 is 1.79 bits per heavy atom. The van der Waals surface area contributed by atoms with Crippen LogP contribution in [-0.4, -0.2) is 47.1 Å². The van der Waals surface area contributed by atoms with Crippen LogP contribution in [-0.2, 0) is 26.2 Å². The molecule has 4 rings (SSSR count). The van der Waals surface area contributed by atoms with Crippen LogP contribution in [0.3, 0.4) is 0 Å². The molecular formula is C25H29N3O5S. The van der Waals surface area contributed by atoms with Crippen LogP contribution >= 0.6 is 0 Å². The summed E-state index contributed by atoms with van der Waals surface area (Å²) in [5.41, 5.74) is 2.67. The van der Waals surface area contributed by atoms with Crippen molar-refractivity contribution in [3.8, 4) is 0 Å². The Hall–Kier alpha value is -3.17. The van der Waals surface area contributed by atoms with E-state index < -0.39 is 22.0 Å². The number of benzene rings is 2. The summed E-state index contributed by atoms with van der Waals surface area (Å²) < 4.78 is 27.6. The first-order valence-electron chi connectivity index (χ1n) is 11.4. The zero-order valence-electron chi connectivity index (χ0n) is 19.1. The van der Waals surface area contributed by atoms with Crippen LogP contribution < -0.4 is 5.32 Å². The minimum atomic E-state index is -4.02. The second-order valence-corrected chi connectivity index (χ2v) is 10.5. The number of carbonyl (C=O) groups is 2. The molecule has 1 fully saturated rings. The van der Waals surface area contributed by atoms with Crippen molar-refractivity contribution in [3.05, 3.63) is 77.6 Å². The van der Waals surface area contributed by atoms with E-state index in [1.807, 2.05) is 31.2 Å². The summed E-state index contributed by atoms with van der Waals surface area (Å²) in [6.45, 7) is 2.35. The van der Waals surface area contributed by atoms with Crippen LogP contribution in [0.25, 0.3) is 0 Å². The number of piperidine rings is 1. The van der Waals surface area contributed by atoms with Gasteiger partial charge in [-0.25, -0.2) is 8.42 Å². The average molecular weight is 484 g/mol. The Labute approximate surface area is 199 Å². The van der Waals surface area contributed by atoms with Crippen LogP contribution in [0.15, 0.2) is 65.8 Å². The third-order valence-electron chi connectivity index (χ3n) is 6.39. The zero-order valence-corrected chi connectivity index (χ0v) is 19.9. The highest BCUT2D eigenvalue weighted by Crippen LogP contribution is 2.33. The van der Waals surface area contributed by atoms with Crippen molar-refractivity contribution < 1.29 is 23.1 Å². The van der Waals surface area contributed by atoms with Gasteiger partial charge in [0.05, 0.1) is 24.0 Å². The molecule has 0 aliphatic carbocycles. The van der Waals surface area contributed by atoms with E-state index in [9.17, 15) is 23.1 Å². The van der Waals surface area contributed by atoms with Crippen molar-refractivity contribution in [1.82, 2.24) is 14.5 Å². The average Bonchev–Trinajstić information content (AvgIpc) is 2.85. The molecule has 0 radical (unpaired) electrons. The van der Waals surface area contributed by atoms with Gasteiger partial charge in [-0.3, -0.25) is 13.9 Å². The molecule has 0 bridgehead atoms. The van der Waals surface area contributed by atoms with Gasteiger partial charge in [0.15, 0.2) is 0 Å². The molecule has 2 aliphatic rings. The normalized spacial score (nSPS) is 20.8. The number of likely N-dealkylation sites (tertiary alicyclic amines) is 1. The summed E-state index contributed by atoms with van der Waals surface area (Å²) in [6, 6.07) is 12.5. The van der Waals surface area contributed by atoms with Crippen LogP contribution in [0.1, 0.15) is 48.4 Å². The van der Waals surface area contributed by atoms with Gasteiger partial charge in [-0.1, -0.05) is 42.0 Å². The molecule has 2 heterocycles. The van der Waals surface area contributed by atoms with E-state index in [-0.39, 0.29) is 29.9 Å². The lowest BCUT2D eigenvalue weighted by Crippen LogP contribution is -2.52. The molecule has 2 aromatic rings. The first-order valence-corrected chi connectivity index (χ1v) is 12.8. The summed E-state index contributed by atoms with van der Waals surface area (Å²) >= 11 is 0. The van der Waals surface area contributed by atoms with Gasteiger partial charge in [0.25, 0.3) is 10.0 Å². The van der Waals surface area contributed by atoms with Gasteiger partial charge in [-0.2, -0.15) is 0 Å². The number of nitrogens with zero attached hydrogens (tertiary/aromatic N) is 2. The fraction of sp³-hybridized carbons (Fsp3) is 0.360. The molecule has 2 unspecified atom stereocenters. The summed E-state index contributed by atoms with van der Waals surface area (Å²) in [5.74, 6) is -0.803. The van der Waals surface area contributed by atoms with Crippen molar-refractivity contribution in [1.29, 1.82) is 0 Å². The minimum absolute atomic E-state index is 0.0524. The fourth-order valence-corrected chi connectivity index (χ4v) is 5.93. The third-order valence-corrected chi connectivity index (χ3v) is 8.19. The van der Waals surface area contributed by atoms with Gasteiger partial charge in [-0.15, -0.1) is 0 Å². The number of aliphatic hydroxyl groups is 1. The fourth-order valence-electron chi connectivity index (χ4n) is 4.48. The Balaban J connectivity index is 1.58. The van der Waals surface area contributed by atoms with E-state index in [4.69, 9.17) is 0 Å². The molecule has 0 spiro atoms. The predicted octanol–water partition coefficient (Wildman–Crippen LogP) is 2.59. The molecule has 180 valence electrons. The summed E-state index contributed by atoms with van der Waals surface area (Å²) in [7, 11) is -4.02. The molecule has 0 aromatic heterocycles. The van der Waals surface area contributed by atoms with E-state index in [0.29, 0.717) is 6.54 Å². The first-order chi connectivity index (χ1) is 16.3. The molecular weight excluding hydrogens is 454 g/mol. The monoisotopic (exact) mass is 483 g/mol. The van der Waals surface area contributed by atoms with E-state index in [1.165, 1.54) is 24.5 Å². The Morgan fingerprint density at radius 3 is 2.47 bits per heavy atom. The number of hydrogen-bond donors (Lipinski definition) is 2. The zero-order chi connectivity index (χ0) is 24.3. The largest absolute Gasteiger partial charge is 0.392 e. The summed E-state index contributed by atoms with van der Waals surface area (Å²) in [6.07, 6.45) is 4.92.